The van der Waals surface area contributed by atoms with E-state index in [-0.39, 0.29) is 11.2 Å². The summed E-state index contributed by atoms with van der Waals surface area (Å²) in [6.45, 7) is 6.58. The molecule has 0 aliphatic rings. The van der Waals surface area contributed by atoms with Gasteiger partial charge in [-0.05, 0) is 62.7 Å². The van der Waals surface area contributed by atoms with Crippen molar-refractivity contribution in [2.45, 2.75) is 50.8 Å². The highest BCUT2D eigenvalue weighted by Crippen LogP contribution is 2.40. The molecule has 0 saturated carbocycles. The summed E-state index contributed by atoms with van der Waals surface area (Å²) in [5.41, 5.74) is -3.46. The molecule has 1 heterocycles. The van der Waals surface area contributed by atoms with Crippen LogP contribution in [0.2, 0.25) is 0 Å². The van der Waals surface area contributed by atoms with Gasteiger partial charge in [0.25, 0.3) is 0 Å². The van der Waals surface area contributed by atoms with Crippen LogP contribution < -0.4 is 4.72 Å². The molecule has 0 spiro atoms. The lowest BCUT2D eigenvalue weighted by atomic mass is 9.90. The molecule has 25 heavy (non-hydrogen) atoms. The number of rotatable bonds is 6. The maximum Gasteiger partial charge on any atom is 0.379 e. The fourth-order valence-corrected chi connectivity index (χ4v) is 3.01. The number of carbonyl (C=O) groups excluding carboxylic acids is 1. The normalized spacial score (nSPS) is 16.2. The summed E-state index contributed by atoms with van der Waals surface area (Å²) >= 11 is 0.938. The first-order valence-corrected chi connectivity index (χ1v) is 9.29. The van der Waals surface area contributed by atoms with E-state index < -0.39 is 45.1 Å². The van der Waals surface area contributed by atoms with Gasteiger partial charge in [-0.1, -0.05) is 0 Å². The molecule has 0 radical (unpaired) electrons. The van der Waals surface area contributed by atoms with Crippen LogP contribution in [0.5, 0.6) is 0 Å². The van der Waals surface area contributed by atoms with Crippen molar-refractivity contribution in [1.82, 2.24) is 9.71 Å². The highest BCUT2D eigenvalue weighted by Gasteiger charge is 2.63. The van der Waals surface area contributed by atoms with Crippen LogP contribution in [0.1, 0.15) is 40.3 Å². The van der Waals surface area contributed by atoms with Crippen LogP contribution in [0.4, 0.5) is 13.2 Å². The summed E-state index contributed by atoms with van der Waals surface area (Å²) in [5, 5.41) is 0. The molecule has 5 nitrogen and oxygen atoms in total. The molecule has 0 saturated heterocycles. The summed E-state index contributed by atoms with van der Waals surface area (Å²) < 4.78 is 62.3. The van der Waals surface area contributed by atoms with Gasteiger partial charge in [0.05, 0.1) is 6.61 Å². The van der Waals surface area contributed by atoms with Crippen LogP contribution >= 0.6 is 15.9 Å². The molecular weight excluding hydrogens is 425 g/mol. The van der Waals surface area contributed by atoms with Crippen molar-refractivity contribution in [3.05, 3.63) is 28.2 Å². The number of alkyl halides is 2. The average molecular weight is 445 g/mol. The topological polar surface area (TPSA) is 74.3 Å². The van der Waals surface area contributed by atoms with E-state index >= 15 is 0 Å². The van der Waals surface area contributed by atoms with Crippen LogP contribution in [-0.2, 0) is 26.4 Å². The number of ether oxygens (including phenoxy) is 1. The average Bonchev–Trinajstić information content (AvgIpc) is 2.48. The van der Waals surface area contributed by atoms with Crippen molar-refractivity contribution < 1.29 is 27.3 Å². The monoisotopic (exact) mass is 444 g/mol. The van der Waals surface area contributed by atoms with Gasteiger partial charge in [-0.25, -0.2) is 14.2 Å². The van der Waals surface area contributed by atoms with Gasteiger partial charge < -0.3 is 9.29 Å². The molecule has 1 rings (SSSR count). The van der Waals surface area contributed by atoms with Crippen molar-refractivity contribution in [3.8, 4) is 0 Å². The number of halogens is 4. The summed E-state index contributed by atoms with van der Waals surface area (Å²) in [4.78, 5) is 15.6. The molecule has 1 unspecified atom stereocenters. The molecule has 1 N–H and O–H groups in total. The van der Waals surface area contributed by atoms with Gasteiger partial charge in [-0.3, -0.25) is 0 Å². The highest BCUT2D eigenvalue weighted by molar-refractivity contribution is 9.10. The Kier molecular flexibility index (Phi) is 6.94. The molecular formula is C15H20BrF3N2O3S. The third-order valence-corrected chi connectivity index (χ3v) is 5.45. The van der Waals surface area contributed by atoms with E-state index in [0.29, 0.717) is 0 Å². The Balaban J connectivity index is 3.56. The van der Waals surface area contributed by atoms with E-state index in [0.717, 1.165) is 13.0 Å². The first-order valence-electron chi connectivity index (χ1n) is 7.34. The quantitative estimate of drug-likeness (QED) is 0.413. The molecule has 10 heteroatoms. The molecule has 0 fully saturated rings. The van der Waals surface area contributed by atoms with E-state index in [1.165, 1.54) is 13.0 Å². The van der Waals surface area contributed by atoms with Gasteiger partial charge in [0.15, 0.2) is 5.54 Å². The molecule has 0 bridgehead atoms. The lowest BCUT2D eigenvalue weighted by Crippen LogP contribution is -2.62. The second-order valence-electron chi connectivity index (χ2n) is 6.37. The van der Waals surface area contributed by atoms with Crippen LogP contribution in [0.15, 0.2) is 16.7 Å². The maximum atomic E-state index is 14.9. The number of nitrogens with zero attached hydrogens (tertiary/aromatic N) is 1. The van der Waals surface area contributed by atoms with Gasteiger partial charge in [0.2, 0.25) is 0 Å². The minimum absolute atomic E-state index is 0.0816. The Morgan fingerprint density at radius 1 is 1.36 bits per heavy atom. The number of carbonyl (C=O) groups is 1. The summed E-state index contributed by atoms with van der Waals surface area (Å²) in [5.74, 6) is -7.18. The van der Waals surface area contributed by atoms with Crippen molar-refractivity contribution in [3.63, 3.8) is 0 Å². The zero-order chi connectivity index (χ0) is 19.6. The van der Waals surface area contributed by atoms with E-state index in [9.17, 15) is 22.5 Å². The van der Waals surface area contributed by atoms with Gasteiger partial charge in [0, 0.05) is 11.4 Å². The first-order chi connectivity index (χ1) is 11.3. The maximum absolute atomic E-state index is 14.9. The molecule has 0 aromatic carbocycles. The highest BCUT2D eigenvalue weighted by atomic mass is 79.9. The second-order valence-corrected chi connectivity index (χ2v) is 9.15. The van der Waals surface area contributed by atoms with E-state index in [4.69, 9.17) is 0 Å². The Morgan fingerprint density at radius 3 is 2.40 bits per heavy atom. The summed E-state index contributed by atoms with van der Waals surface area (Å²) in [6, 6.07) is 2.15. The predicted molar refractivity (Wildman–Crippen MR) is 91.9 cm³/mol. The van der Waals surface area contributed by atoms with Crippen LogP contribution in [0.3, 0.4) is 0 Å². The zero-order valence-electron chi connectivity index (χ0n) is 14.5. The Bertz CT molecular complexity index is 643. The lowest BCUT2D eigenvalue weighted by Gasteiger charge is -2.38. The molecule has 1 aromatic rings. The van der Waals surface area contributed by atoms with Gasteiger partial charge in [0.1, 0.15) is 20.9 Å². The lowest BCUT2D eigenvalue weighted by molar-refractivity contribution is -0.184. The molecule has 0 aliphatic carbocycles. The smallest absolute Gasteiger partial charge is 0.379 e. The Morgan fingerprint density at radius 2 is 1.92 bits per heavy atom. The largest absolute Gasteiger partial charge is 0.598 e. The number of hydrogen-bond donors (Lipinski definition) is 1. The van der Waals surface area contributed by atoms with E-state index in [1.54, 1.807) is 20.8 Å². The number of nitrogens with one attached hydrogen (secondary N) is 1. The number of hydrogen-bond acceptors (Lipinski definition) is 5. The third-order valence-electron chi connectivity index (χ3n) is 3.30. The van der Waals surface area contributed by atoms with Crippen molar-refractivity contribution in [1.29, 1.82) is 0 Å². The minimum Gasteiger partial charge on any atom is -0.598 e. The van der Waals surface area contributed by atoms with E-state index in [1.807, 2.05) is 0 Å². The molecule has 2 atom stereocenters. The van der Waals surface area contributed by atoms with Crippen LogP contribution in [-0.4, -0.2) is 32.8 Å². The molecule has 142 valence electrons. The van der Waals surface area contributed by atoms with Gasteiger partial charge >= 0.3 is 11.9 Å². The summed E-state index contributed by atoms with van der Waals surface area (Å²) in [6.07, 6.45) is 0. The minimum atomic E-state index is -4.24. The zero-order valence-corrected chi connectivity index (χ0v) is 16.9. The second kappa shape index (κ2) is 7.81. The Hall–Kier alpha value is -0.840. The number of pyridine rings is 1. The molecule has 0 aliphatic heterocycles. The van der Waals surface area contributed by atoms with Gasteiger partial charge in [-0.2, -0.15) is 8.78 Å². The van der Waals surface area contributed by atoms with Crippen LogP contribution in [0, 0.1) is 5.82 Å². The fourth-order valence-electron chi connectivity index (χ4n) is 1.79. The van der Waals surface area contributed by atoms with Gasteiger partial charge in [-0.15, -0.1) is 4.72 Å². The van der Waals surface area contributed by atoms with Crippen molar-refractivity contribution in [2.75, 3.05) is 6.61 Å². The Labute approximate surface area is 156 Å². The fraction of sp³-hybridized carbons (Fsp3) is 0.600. The summed E-state index contributed by atoms with van der Waals surface area (Å²) in [7, 11) is 0. The third kappa shape index (κ3) is 4.66. The number of esters is 1. The van der Waals surface area contributed by atoms with E-state index in [2.05, 4.69) is 30.4 Å². The molecule has 1 aromatic heterocycles. The number of aromatic nitrogens is 1. The molecule has 0 amide bonds. The first kappa shape index (κ1) is 22.2. The van der Waals surface area contributed by atoms with Crippen molar-refractivity contribution in [2.24, 2.45) is 0 Å². The standard InChI is InChI=1S/C15H20BrF3N2O3S/c1-6-24-12(22)15(18,19)14(5,21-25(23)13(2,3)4)11-9(17)7-8-10(16)20-11/h7-8,21H,6H2,1-5H3/t14?,25-/m1/s1. The SMILES string of the molecule is CCOC(=O)C(F)(F)C(C)(N[S@+]([O-])C(C)(C)C)c1nc(Br)ccc1F. The van der Waals surface area contributed by atoms with Crippen molar-refractivity contribution >= 4 is 33.3 Å². The predicted octanol–water partition coefficient (Wildman–Crippen LogP) is 3.45. The van der Waals surface area contributed by atoms with Crippen LogP contribution in [0.25, 0.3) is 0 Å².